The smallest absolute Gasteiger partial charge is 0.168 e. The normalized spacial score (nSPS) is 19.0. The molecule has 0 atom stereocenters. The van der Waals surface area contributed by atoms with Gasteiger partial charge in [0.1, 0.15) is 12.0 Å². The number of carbonyl (C=O) groups is 1. The van der Waals surface area contributed by atoms with Gasteiger partial charge < -0.3 is 4.90 Å². The number of hydrogen-bond acceptors (Lipinski definition) is 6. The van der Waals surface area contributed by atoms with Crippen LogP contribution in [0.1, 0.15) is 16.1 Å². The second-order valence-corrected chi connectivity index (χ2v) is 7.19. The Hall–Kier alpha value is -2.80. The van der Waals surface area contributed by atoms with E-state index in [9.17, 15) is 4.79 Å². The van der Waals surface area contributed by atoms with E-state index >= 15 is 0 Å². The van der Waals surface area contributed by atoms with Crippen LogP contribution in [-0.4, -0.2) is 56.9 Å². The predicted molar refractivity (Wildman–Crippen MR) is 92.5 cm³/mol. The van der Waals surface area contributed by atoms with Crippen molar-refractivity contribution in [2.45, 2.75) is 6.54 Å². The van der Waals surface area contributed by atoms with Crippen LogP contribution in [0.3, 0.4) is 0 Å². The molecule has 7 nitrogen and oxygen atoms in total. The third-order valence-electron chi connectivity index (χ3n) is 5.19. The van der Waals surface area contributed by atoms with Crippen molar-refractivity contribution >= 4 is 17.6 Å². The van der Waals surface area contributed by atoms with Crippen LogP contribution in [-0.2, 0) is 6.54 Å². The molecule has 0 bridgehead atoms. The maximum absolute atomic E-state index is 10.7. The molecule has 7 heteroatoms. The highest BCUT2D eigenvalue weighted by atomic mass is 16.1. The summed E-state index contributed by atoms with van der Waals surface area (Å²) in [5.74, 6) is 0. The minimum atomic E-state index is 0.427. The average molecular weight is 334 g/mol. The van der Waals surface area contributed by atoms with Crippen molar-refractivity contribution in [3.8, 4) is 0 Å². The lowest BCUT2D eigenvalue weighted by Crippen LogP contribution is -2.71. The van der Waals surface area contributed by atoms with Gasteiger partial charge in [-0.2, -0.15) is 0 Å². The third-order valence-corrected chi connectivity index (χ3v) is 5.19. The zero-order chi connectivity index (χ0) is 16.9. The SMILES string of the molecule is O=Cc1ccc(CN2CC3(C2)CN(c2ccn4cnnc4c2)C3)cn1. The van der Waals surface area contributed by atoms with Crippen LogP contribution in [0.25, 0.3) is 5.65 Å². The number of carbonyl (C=O) groups excluding carboxylic acids is 1. The third kappa shape index (κ3) is 2.47. The zero-order valence-electron chi connectivity index (χ0n) is 13.7. The van der Waals surface area contributed by atoms with Gasteiger partial charge in [-0.15, -0.1) is 10.2 Å². The number of fused-ring (bicyclic) bond motifs is 1. The van der Waals surface area contributed by atoms with Gasteiger partial charge in [-0.25, -0.2) is 0 Å². The quantitative estimate of drug-likeness (QED) is 0.669. The highest BCUT2D eigenvalue weighted by molar-refractivity contribution is 5.71. The standard InChI is InChI=1S/C18H18N6O/c25-8-15-2-1-14(6-19-15)7-22-9-18(10-22)11-24(12-18)16-3-4-23-13-20-21-17(23)5-16/h1-6,8,13H,7,9-12H2. The van der Waals surface area contributed by atoms with Crippen LogP contribution in [0.15, 0.2) is 43.0 Å². The second kappa shape index (κ2) is 5.35. The maximum Gasteiger partial charge on any atom is 0.168 e. The van der Waals surface area contributed by atoms with Gasteiger partial charge in [-0.3, -0.25) is 19.1 Å². The molecule has 2 aliphatic rings. The number of pyridine rings is 2. The van der Waals surface area contributed by atoms with Gasteiger partial charge in [-0.05, 0) is 17.7 Å². The molecule has 0 amide bonds. The second-order valence-electron chi connectivity index (χ2n) is 7.19. The van der Waals surface area contributed by atoms with E-state index in [1.807, 2.05) is 16.7 Å². The Morgan fingerprint density at radius 3 is 2.80 bits per heavy atom. The molecule has 3 aromatic heterocycles. The van der Waals surface area contributed by atoms with E-state index in [0.717, 1.165) is 50.2 Å². The molecule has 5 heterocycles. The topological polar surface area (TPSA) is 66.6 Å². The van der Waals surface area contributed by atoms with Crippen LogP contribution >= 0.6 is 0 Å². The first-order valence-corrected chi connectivity index (χ1v) is 8.40. The highest BCUT2D eigenvalue weighted by Gasteiger charge is 2.51. The Labute approximate surface area is 144 Å². The fourth-order valence-corrected chi connectivity index (χ4v) is 4.02. The molecule has 2 fully saturated rings. The van der Waals surface area contributed by atoms with E-state index in [2.05, 4.69) is 37.1 Å². The summed E-state index contributed by atoms with van der Waals surface area (Å²) in [4.78, 5) is 19.6. The minimum Gasteiger partial charge on any atom is -0.370 e. The van der Waals surface area contributed by atoms with Crippen molar-refractivity contribution in [2.75, 3.05) is 31.1 Å². The van der Waals surface area contributed by atoms with E-state index in [1.165, 1.54) is 5.69 Å². The molecule has 3 aromatic rings. The highest BCUT2D eigenvalue weighted by Crippen LogP contribution is 2.42. The Bertz CT molecular complexity index is 920. The van der Waals surface area contributed by atoms with Crippen LogP contribution < -0.4 is 4.90 Å². The Morgan fingerprint density at radius 1 is 1.16 bits per heavy atom. The number of hydrogen-bond donors (Lipinski definition) is 0. The molecule has 0 N–H and O–H groups in total. The van der Waals surface area contributed by atoms with Gasteiger partial charge in [0.25, 0.3) is 0 Å². The lowest BCUT2D eigenvalue weighted by atomic mass is 9.72. The summed E-state index contributed by atoms with van der Waals surface area (Å²) in [6.45, 7) is 5.32. The molecular weight excluding hydrogens is 316 g/mol. The van der Waals surface area contributed by atoms with Crippen molar-refractivity contribution < 1.29 is 4.79 Å². The van der Waals surface area contributed by atoms with Gasteiger partial charge >= 0.3 is 0 Å². The largest absolute Gasteiger partial charge is 0.370 e. The number of anilines is 1. The van der Waals surface area contributed by atoms with E-state index in [-0.39, 0.29) is 0 Å². The molecular formula is C18H18N6O. The number of aldehydes is 1. The number of aromatic nitrogens is 4. The van der Waals surface area contributed by atoms with Crippen molar-refractivity contribution in [2.24, 2.45) is 5.41 Å². The summed E-state index contributed by atoms with van der Waals surface area (Å²) in [6.07, 6.45) is 6.31. The Balaban J connectivity index is 1.18. The van der Waals surface area contributed by atoms with Crippen molar-refractivity contribution in [3.05, 3.63) is 54.2 Å². The van der Waals surface area contributed by atoms with E-state index in [1.54, 1.807) is 18.6 Å². The molecule has 0 unspecified atom stereocenters. The molecule has 0 aliphatic carbocycles. The first-order chi connectivity index (χ1) is 12.2. The Kier molecular flexibility index (Phi) is 3.11. The summed E-state index contributed by atoms with van der Waals surface area (Å²) in [6, 6.07) is 7.99. The fourth-order valence-electron chi connectivity index (χ4n) is 4.02. The summed E-state index contributed by atoms with van der Waals surface area (Å²) in [5, 5.41) is 8.04. The Morgan fingerprint density at radius 2 is 2.04 bits per heavy atom. The molecule has 5 rings (SSSR count). The van der Waals surface area contributed by atoms with Crippen molar-refractivity contribution in [3.63, 3.8) is 0 Å². The summed E-state index contributed by atoms with van der Waals surface area (Å²) >= 11 is 0. The maximum atomic E-state index is 10.7. The predicted octanol–water partition coefficient (Wildman–Crippen LogP) is 1.26. The number of nitrogens with zero attached hydrogens (tertiary/aromatic N) is 6. The first-order valence-electron chi connectivity index (χ1n) is 8.40. The minimum absolute atomic E-state index is 0.427. The summed E-state index contributed by atoms with van der Waals surface area (Å²) in [7, 11) is 0. The lowest BCUT2D eigenvalue weighted by Gasteiger charge is -2.61. The van der Waals surface area contributed by atoms with Gasteiger partial charge in [0.2, 0.25) is 0 Å². The first kappa shape index (κ1) is 14.5. The number of likely N-dealkylation sites (tertiary alicyclic amines) is 1. The zero-order valence-corrected chi connectivity index (χ0v) is 13.7. The monoisotopic (exact) mass is 334 g/mol. The molecule has 0 saturated carbocycles. The summed E-state index contributed by atoms with van der Waals surface area (Å²) in [5.41, 5.74) is 4.19. The van der Waals surface area contributed by atoms with E-state index in [0.29, 0.717) is 11.1 Å². The fraction of sp³-hybridized carbons (Fsp3) is 0.333. The molecule has 126 valence electrons. The van der Waals surface area contributed by atoms with Crippen LogP contribution in [0, 0.1) is 5.41 Å². The molecule has 2 saturated heterocycles. The van der Waals surface area contributed by atoms with Crippen LogP contribution in [0.4, 0.5) is 5.69 Å². The lowest BCUT2D eigenvalue weighted by molar-refractivity contribution is -0.0273. The van der Waals surface area contributed by atoms with Gasteiger partial charge in [-0.1, -0.05) is 6.07 Å². The summed E-state index contributed by atoms with van der Waals surface area (Å²) < 4.78 is 1.92. The van der Waals surface area contributed by atoms with Crippen molar-refractivity contribution in [1.29, 1.82) is 0 Å². The average Bonchev–Trinajstić information content (AvgIpc) is 3.04. The number of rotatable bonds is 4. The molecule has 0 radical (unpaired) electrons. The van der Waals surface area contributed by atoms with Gasteiger partial charge in [0.15, 0.2) is 11.9 Å². The van der Waals surface area contributed by atoms with E-state index < -0.39 is 0 Å². The molecule has 0 aromatic carbocycles. The van der Waals surface area contributed by atoms with Crippen LogP contribution in [0.5, 0.6) is 0 Å². The van der Waals surface area contributed by atoms with Gasteiger partial charge in [0.05, 0.1) is 0 Å². The van der Waals surface area contributed by atoms with Crippen LogP contribution in [0.2, 0.25) is 0 Å². The van der Waals surface area contributed by atoms with Gasteiger partial charge in [0, 0.05) is 62.3 Å². The van der Waals surface area contributed by atoms with E-state index in [4.69, 9.17) is 0 Å². The molecule has 2 aliphatic heterocycles. The van der Waals surface area contributed by atoms with Crippen molar-refractivity contribution in [1.82, 2.24) is 24.5 Å². The molecule has 25 heavy (non-hydrogen) atoms. The molecule has 1 spiro atoms.